The normalized spacial score (nSPS) is 11.1. The number of hydrogen-bond acceptors (Lipinski definition) is 1. The van der Waals surface area contributed by atoms with E-state index in [9.17, 15) is 13.2 Å². The van der Waals surface area contributed by atoms with Crippen molar-refractivity contribution in [3.8, 4) is 6.07 Å². The molecule has 74 valence electrons. The Hall–Kier alpha value is -1.50. The number of hydrogen-bond donors (Lipinski definition) is 0. The Morgan fingerprint density at radius 3 is 2.07 bits per heavy atom. The van der Waals surface area contributed by atoms with Crippen LogP contribution in [0.4, 0.5) is 13.2 Å². The van der Waals surface area contributed by atoms with Crippen LogP contribution in [0.5, 0.6) is 0 Å². The predicted octanol–water partition coefficient (Wildman–Crippen LogP) is 2.91. The summed E-state index contributed by atoms with van der Waals surface area (Å²) in [6, 6.07) is 2.98. The van der Waals surface area contributed by atoms with Crippen molar-refractivity contribution in [1.29, 1.82) is 5.26 Å². The third kappa shape index (κ3) is 1.72. The minimum atomic E-state index is -1.25. The molecule has 0 fully saturated rings. The Morgan fingerprint density at radius 2 is 1.57 bits per heavy atom. The van der Waals surface area contributed by atoms with E-state index in [0.29, 0.717) is 12.1 Å². The molecule has 0 aliphatic carbocycles. The van der Waals surface area contributed by atoms with Gasteiger partial charge in [-0.15, -0.1) is 0 Å². The molecule has 0 saturated carbocycles. The van der Waals surface area contributed by atoms with Crippen LogP contribution in [0.15, 0.2) is 12.1 Å². The van der Waals surface area contributed by atoms with Gasteiger partial charge in [-0.2, -0.15) is 5.26 Å². The maximum Gasteiger partial charge on any atom is 0.161 e. The van der Waals surface area contributed by atoms with Gasteiger partial charge >= 0.3 is 0 Å². The zero-order valence-electron chi connectivity index (χ0n) is 7.74. The molecule has 0 aromatic heterocycles. The van der Waals surface area contributed by atoms with Crippen LogP contribution < -0.4 is 0 Å². The van der Waals surface area contributed by atoms with Crippen molar-refractivity contribution in [2.75, 3.05) is 0 Å². The van der Waals surface area contributed by atoms with E-state index in [0.717, 1.165) is 0 Å². The molecule has 0 atom stereocenters. The van der Waals surface area contributed by atoms with E-state index in [2.05, 4.69) is 0 Å². The third-order valence-electron chi connectivity index (χ3n) is 1.96. The number of benzene rings is 1. The lowest BCUT2D eigenvalue weighted by Crippen LogP contribution is -2.16. The molecule has 0 radical (unpaired) electrons. The molecule has 0 saturated heterocycles. The molecule has 0 amide bonds. The van der Waals surface area contributed by atoms with Crippen LogP contribution in [-0.2, 0) is 5.41 Å². The fraction of sp³-hybridized carbons (Fsp3) is 0.300. The van der Waals surface area contributed by atoms with E-state index in [1.165, 1.54) is 13.8 Å². The van der Waals surface area contributed by atoms with Crippen molar-refractivity contribution >= 4 is 0 Å². The molecule has 0 aliphatic rings. The second-order valence-electron chi connectivity index (χ2n) is 3.48. The highest BCUT2D eigenvalue weighted by atomic mass is 19.2. The summed E-state index contributed by atoms with van der Waals surface area (Å²) in [4.78, 5) is 0. The Balaban J connectivity index is 3.38. The van der Waals surface area contributed by atoms with Crippen molar-refractivity contribution in [2.24, 2.45) is 0 Å². The molecule has 0 N–H and O–H groups in total. The highest BCUT2D eigenvalue weighted by molar-refractivity contribution is 5.32. The van der Waals surface area contributed by atoms with Crippen LogP contribution in [0.25, 0.3) is 0 Å². The summed E-state index contributed by atoms with van der Waals surface area (Å²) in [5.41, 5.74) is -1.31. The summed E-state index contributed by atoms with van der Waals surface area (Å²) in [5.74, 6) is -3.31. The molecule has 1 nitrogen and oxygen atoms in total. The smallest absolute Gasteiger partial charge is 0.161 e. The van der Waals surface area contributed by atoms with Crippen LogP contribution in [0.2, 0.25) is 0 Å². The lowest BCUT2D eigenvalue weighted by atomic mass is 9.86. The maximum absolute atomic E-state index is 13.2. The Morgan fingerprint density at radius 1 is 1.07 bits per heavy atom. The minimum absolute atomic E-state index is 0.140. The van der Waals surface area contributed by atoms with Gasteiger partial charge in [0, 0.05) is 11.6 Å². The van der Waals surface area contributed by atoms with Crippen LogP contribution in [0.1, 0.15) is 19.4 Å². The third-order valence-corrected chi connectivity index (χ3v) is 1.96. The molecule has 14 heavy (non-hydrogen) atoms. The molecule has 1 aromatic carbocycles. The van der Waals surface area contributed by atoms with Crippen LogP contribution in [-0.4, -0.2) is 0 Å². The van der Waals surface area contributed by atoms with E-state index in [1.54, 1.807) is 0 Å². The minimum Gasteiger partial charge on any atom is -0.207 e. The van der Waals surface area contributed by atoms with Crippen molar-refractivity contribution in [2.45, 2.75) is 19.3 Å². The average molecular weight is 199 g/mol. The van der Waals surface area contributed by atoms with Gasteiger partial charge in [-0.1, -0.05) is 0 Å². The van der Waals surface area contributed by atoms with Gasteiger partial charge in [0.05, 0.1) is 11.5 Å². The van der Waals surface area contributed by atoms with Crippen LogP contribution in [0.3, 0.4) is 0 Å². The monoisotopic (exact) mass is 199 g/mol. The molecule has 0 heterocycles. The molecular weight excluding hydrogens is 191 g/mol. The lowest BCUT2D eigenvalue weighted by molar-refractivity contribution is 0.480. The Bertz CT molecular complexity index is 405. The number of nitrogens with zero attached hydrogens (tertiary/aromatic N) is 1. The van der Waals surface area contributed by atoms with Crippen LogP contribution in [0, 0.1) is 28.8 Å². The lowest BCUT2D eigenvalue weighted by Gasteiger charge is -2.16. The molecule has 0 unspecified atom stereocenters. The van der Waals surface area contributed by atoms with Crippen molar-refractivity contribution in [1.82, 2.24) is 0 Å². The first kappa shape index (κ1) is 10.6. The topological polar surface area (TPSA) is 23.8 Å². The second-order valence-corrected chi connectivity index (χ2v) is 3.48. The Kier molecular flexibility index (Phi) is 2.52. The Labute approximate surface area is 79.8 Å². The van der Waals surface area contributed by atoms with E-state index in [4.69, 9.17) is 5.26 Å². The first-order valence-electron chi connectivity index (χ1n) is 3.95. The standard InChI is InChI=1S/C10H8F3N/c1-10(2,5-14)6-3-8(12)9(13)4-7(6)11/h3-4H,1-2H3. The zero-order valence-corrected chi connectivity index (χ0v) is 7.74. The van der Waals surface area contributed by atoms with Gasteiger partial charge in [-0.25, -0.2) is 13.2 Å². The molecule has 0 aliphatic heterocycles. The summed E-state index contributed by atoms with van der Waals surface area (Å²) >= 11 is 0. The van der Waals surface area contributed by atoms with Crippen molar-refractivity contribution < 1.29 is 13.2 Å². The summed E-state index contributed by atoms with van der Waals surface area (Å²) in [6.45, 7) is 2.87. The van der Waals surface area contributed by atoms with Gasteiger partial charge in [0.15, 0.2) is 11.6 Å². The van der Waals surface area contributed by atoms with Gasteiger partial charge in [0.2, 0.25) is 0 Å². The molecule has 0 spiro atoms. The maximum atomic E-state index is 13.2. The van der Waals surface area contributed by atoms with Gasteiger partial charge < -0.3 is 0 Å². The molecule has 1 aromatic rings. The van der Waals surface area contributed by atoms with Crippen molar-refractivity contribution in [3.63, 3.8) is 0 Å². The zero-order chi connectivity index (χ0) is 10.9. The van der Waals surface area contributed by atoms with Gasteiger partial charge in [-0.3, -0.25) is 0 Å². The molecule has 0 bridgehead atoms. The fourth-order valence-corrected chi connectivity index (χ4v) is 1.06. The predicted molar refractivity (Wildman–Crippen MR) is 45.0 cm³/mol. The highest BCUT2D eigenvalue weighted by Crippen LogP contribution is 2.26. The number of rotatable bonds is 1. The van der Waals surface area contributed by atoms with Crippen LogP contribution >= 0.6 is 0 Å². The van der Waals surface area contributed by atoms with E-state index < -0.39 is 22.9 Å². The largest absolute Gasteiger partial charge is 0.207 e. The van der Waals surface area contributed by atoms with E-state index >= 15 is 0 Å². The van der Waals surface area contributed by atoms with E-state index in [-0.39, 0.29) is 5.56 Å². The SMILES string of the molecule is CC(C)(C#N)c1cc(F)c(F)cc1F. The highest BCUT2D eigenvalue weighted by Gasteiger charge is 2.25. The summed E-state index contributed by atoms with van der Waals surface area (Å²) in [6.07, 6.45) is 0. The fourth-order valence-electron chi connectivity index (χ4n) is 1.06. The molecular formula is C10H8F3N. The first-order valence-corrected chi connectivity index (χ1v) is 3.95. The second kappa shape index (κ2) is 3.33. The van der Waals surface area contributed by atoms with Gasteiger partial charge in [-0.05, 0) is 19.9 Å². The molecule has 4 heteroatoms. The van der Waals surface area contributed by atoms with Gasteiger partial charge in [0.25, 0.3) is 0 Å². The summed E-state index contributed by atoms with van der Waals surface area (Å²) in [5, 5.41) is 8.70. The van der Waals surface area contributed by atoms with Crippen molar-refractivity contribution in [3.05, 3.63) is 35.1 Å². The number of halogens is 3. The average Bonchev–Trinajstić information content (AvgIpc) is 2.11. The number of nitriles is 1. The molecule has 1 rings (SSSR count). The first-order chi connectivity index (χ1) is 6.38. The summed E-state index contributed by atoms with van der Waals surface area (Å²) in [7, 11) is 0. The summed E-state index contributed by atoms with van der Waals surface area (Å²) < 4.78 is 38.5. The van der Waals surface area contributed by atoms with Gasteiger partial charge in [0.1, 0.15) is 5.82 Å². The quantitative estimate of drug-likeness (QED) is 0.638. The van der Waals surface area contributed by atoms with E-state index in [1.807, 2.05) is 6.07 Å².